The van der Waals surface area contributed by atoms with Crippen LogP contribution < -0.4 is 16.0 Å². The Hall–Kier alpha value is -3.75. The van der Waals surface area contributed by atoms with Crippen LogP contribution in [0.25, 0.3) is 0 Å². The molecule has 0 radical (unpaired) electrons. The normalized spacial score (nSPS) is 10.4. The van der Waals surface area contributed by atoms with Crippen molar-refractivity contribution in [3.05, 3.63) is 65.7 Å². The van der Waals surface area contributed by atoms with E-state index in [1.165, 1.54) is 17.0 Å². The van der Waals surface area contributed by atoms with Crippen LogP contribution in [0.15, 0.2) is 48.8 Å². The number of carbonyl (C=O) groups excluding carboxylic acids is 1. The minimum Gasteiger partial charge on any atom is -0.380 e. The molecule has 148 valence electrons. The monoisotopic (exact) mass is 385 g/mol. The number of carbonyl (C=O) groups is 1. The highest BCUT2D eigenvalue weighted by Gasteiger charge is 2.08. The fraction of sp³-hybridized carbons (Fsp3) is 0.158. The van der Waals surface area contributed by atoms with Gasteiger partial charge < -0.3 is 21.4 Å². The van der Waals surface area contributed by atoms with E-state index in [1.807, 2.05) is 0 Å². The van der Waals surface area contributed by atoms with E-state index in [2.05, 4.69) is 26.0 Å². The Bertz CT molecular complexity index is 997. The van der Waals surface area contributed by atoms with Gasteiger partial charge in [0, 0.05) is 64.0 Å². The Labute approximate surface area is 164 Å². The van der Waals surface area contributed by atoms with Gasteiger partial charge in [0.25, 0.3) is 0 Å². The number of halogens is 1. The highest BCUT2D eigenvalue weighted by molar-refractivity contribution is 5.86. The molecule has 4 N–H and O–H groups in total. The maximum atomic E-state index is 13.8. The summed E-state index contributed by atoms with van der Waals surface area (Å²) in [5.41, 5.74) is 1.74. The van der Waals surface area contributed by atoms with Gasteiger partial charge in [-0.25, -0.2) is 9.37 Å². The first-order valence-corrected chi connectivity index (χ1v) is 8.58. The Balaban J connectivity index is 0.00000225. The molecule has 0 bridgehead atoms. The molecule has 0 saturated heterocycles. The number of amides is 1. The van der Waals surface area contributed by atoms with E-state index in [0.29, 0.717) is 28.5 Å². The lowest BCUT2D eigenvalue weighted by Crippen LogP contribution is -2.23. The molecule has 3 rings (SSSR count). The molecule has 0 atom stereocenters. The molecule has 9 heteroatoms. The van der Waals surface area contributed by atoms with E-state index in [0.717, 1.165) is 0 Å². The lowest BCUT2D eigenvalue weighted by atomic mass is 10.2. The van der Waals surface area contributed by atoms with E-state index in [1.54, 1.807) is 49.8 Å². The third-order valence-corrected chi connectivity index (χ3v) is 4.00. The zero-order chi connectivity index (χ0) is 19.9. The summed E-state index contributed by atoms with van der Waals surface area (Å²) in [5.74, 6) is 0.592. The van der Waals surface area contributed by atoms with Crippen LogP contribution in [0.1, 0.15) is 14.0 Å². The van der Waals surface area contributed by atoms with Crippen LogP contribution in [0.4, 0.5) is 21.7 Å². The quantitative estimate of drug-likeness (QED) is 0.446. The maximum Gasteiger partial charge on any atom is 0.241 e. The van der Waals surface area contributed by atoms with Gasteiger partial charge in [-0.2, -0.15) is 5.10 Å². The average molecular weight is 385 g/mol. The summed E-state index contributed by atoms with van der Waals surface area (Å²) in [7, 11) is 1.57. The average Bonchev–Trinajstić information content (AvgIpc) is 3.14. The van der Waals surface area contributed by atoms with Gasteiger partial charge in [-0.15, -0.1) is 0 Å². The molecule has 3 aromatic rings. The summed E-state index contributed by atoms with van der Waals surface area (Å²) >= 11 is 0. The van der Waals surface area contributed by atoms with Gasteiger partial charge in [0.15, 0.2) is 5.82 Å². The predicted molar refractivity (Wildman–Crippen MR) is 110 cm³/mol. The fourth-order valence-electron chi connectivity index (χ4n) is 2.51. The van der Waals surface area contributed by atoms with Crippen LogP contribution in [-0.2, 0) is 17.9 Å². The minimum absolute atomic E-state index is 0. The molecule has 1 amide bonds. The van der Waals surface area contributed by atoms with Crippen LogP contribution in [-0.4, -0.2) is 33.9 Å². The molecule has 0 spiro atoms. The number of pyridine rings is 1. The highest BCUT2D eigenvalue weighted by atomic mass is 19.1. The van der Waals surface area contributed by atoms with Crippen LogP contribution in [0.2, 0.25) is 0 Å². The van der Waals surface area contributed by atoms with Crippen molar-refractivity contribution in [2.45, 2.75) is 13.1 Å². The molecule has 0 aliphatic rings. The zero-order valence-electron chi connectivity index (χ0n) is 15.2. The standard InChI is InChI=1S/C19H20FN7O.2H2/c1-22-19(28)12-27-7-6-17(26-27)25-18-8-16(14(9-21)11-24-18)23-10-13-4-2-3-5-15(13)20;;/h2-9,11,21H,10,12H2,1H3,(H,22,28)(H2,23,24,25,26);2*1H. The number of hydrogen-bond acceptors (Lipinski definition) is 6. The number of nitrogens with one attached hydrogen (secondary N) is 4. The molecule has 2 heterocycles. The Morgan fingerprint density at radius 1 is 1.32 bits per heavy atom. The van der Waals surface area contributed by atoms with Crippen molar-refractivity contribution in [1.82, 2.24) is 20.1 Å². The van der Waals surface area contributed by atoms with Crippen LogP contribution >= 0.6 is 0 Å². The van der Waals surface area contributed by atoms with Crippen molar-refractivity contribution in [2.75, 3.05) is 17.7 Å². The summed E-state index contributed by atoms with van der Waals surface area (Å²) in [6, 6.07) is 9.96. The Morgan fingerprint density at radius 2 is 2.14 bits per heavy atom. The zero-order valence-corrected chi connectivity index (χ0v) is 15.2. The lowest BCUT2D eigenvalue weighted by molar-refractivity contribution is -0.121. The molecule has 2 aromatic heterocycles. The van der Waals surface area contributed by atoms with Crippen molar-refractivity contribution in [1.29, 1.82) is 5.41 Å². The molecular weight excluding hydrogens is 361 g/mol. The van der Waals surface area contributed by atoms with Gasteiger partial charge in [-0.1, -0.05) is 18.2 Å². The van der Waals surface area contributed by atoms with Gasteiger partial charge in [0.05, 0.1) is 0 Å². The smallest absolute Gasteiger partial charge is 0.241 e. The van der Waals surface area contributed by atoms with Gasteiger partial charge >= 0.3 is 0 Å². The summed E-state index contributed by atoms with van der Waals surface area (Å²) in [5, 5.41) is 20.5. The van der Waals surface area contributed by atoms with Crippen LogP contribution in [0, 0.1) is 11.2 Å². The van der Waals surface area contributed by atoms with Crippen molar-refractivity contribution in [3.8, 4) is 0 Å². The first-order chi connectivity index (χ1) is 13.6. The molecule has 0 aliphatic carbocycles. The SMILES string of the molecule is CNC(=O)Cn1ccc(Nc2cc(NCc3ccccc3F)c(C=N)cn2)n1.[HH].[HH]. The van der Waals surface area contributed by atoms with E-state index in [-0.39, 0.29) is 27.7 Å². The first-order valence-electron chi connectivity index (χ1n) is 8.58. The number of nitrogens with zero attached hydrogens (tertiary/aromatic N) is 3. The van der Waals surface area contributed by atoms with Gasteiger partial charge in [0.2, 0.25) is 5.91 Å². The van der Waals surface area contributed by atoms with Gasteiger partial charge in [0.1, 0.15) is 18.2 Å². The molecular formula is C19H24FN7O. The van der Waals surface area contributed by atoms with Crippen molar-refractivity contribution in [3.63, 3.8) is 0 Å². The molecule has 0 aliphatic heterocycles. The number of hydrogen-bond donors (Lipinski definition) is 4. The Morgan fingerprint density at radius 3 is 2.89 bits per heavy atom. The van der Waals surface area contributed by atoms with E-state index < -0.39 is 0 Å². The number of aromatic nitrogens is 3. The summed E-state index contributed by atoms with van der Waals surface area (Å²) in [6.07, 6.45) is 4.40. The topological polar surface area (TPSA) is 108 Å². The highest BCUT2D eigenvalue weighted by Crippen LogP contribution is 2.21. The first kappa shape index (κ1) is 19.0. The van der Waals surface area contributed by atoms with Crippen molar-refractivity contribution in [2.24, 2.45) is 0 Å². The second-order valence-electron chi connectivity index (χ2n) is 5.94. The predicted octanol–water partition coefficient (Wildman–Crippen LogP) is 3.01. The molecule has 0 unspecified atom stereocenters. The molecule has 1 aromatic carbocycles. The third kappa shape index (κ3) is 4.70. The second-order valence-corrected chi connectivity index (χ2v) is 5.94. The molecule has 0 fully saturated rings. The van der Waals surface area contributed by atoms with Crippen LogP contribution in [0.5, 0.6) is 0 Å². The largest absolute Gasteiger partial charge is 0.380 e. The number of likely N-dealkylation sites (N-methyl/N-ethyl adjacent to an activating group) is 1. The van der Waals surface area contributed by atoms with E-state index in [9.17, 15) is 9.18 Å². The minimum atomic E-state index is -0.291. The molecule has 0 saturated carbocycles. The second kappa shape index (κ2) is 8.76. The fourth-order valence-corrected chi connectivity index (χ4v) is 2.51. The van der Waals surface area contributed by atoms with Crippen LogP contribution in [0.3, 0.4) is 0 Å². The number of anilines is 3. The van der Waals surface area contributed by atoms with E-state index >= 15 is 0 Å². The third-order valence-electron chi connectivity index (χ3n) is 4.00. The number of rotatable bonds is 8. The van der Waals surface area contributed by atoms with Gasteiger partial charge in [-0.3, -0.25) is 9.48 Å². The summed E-state index contributed by atoms with van der Waals surface area (Å²) < 4.78 is 15.3. The summed E-state index contributed by atoms with van der Waals surface area (Å²) in [6.45, 7) is 0.394. The number of benzene rings is 1. The molecule has 28 heavy (non-hydrogen) atoms. The lowest BCUT2D eigenvalue weighted by Gasteiger charge is -2.12. The van der Waals surface area contributed by atoms with Crippen molar-refractivity contribution < 1.29 is 12.0 Å². The molecule has 8 nitrogen and oxygen atoms in total. The van der Waals surface area contributed by atoms with Gasteiger partial charge in [-0.05, 0) is 6.07 Å². The van der Waals surface area contributed by atoms with Crippen molar-refractivity contribution >= 4 is 29.4 Å². The van der Waals surface area contributed by atoms with E-state index in [4.69, 9.17) is 5.41 Å². The maximum absolute atomic E-state index is 13.8. The Kier molecular flexibility index (Phi) is 5.95. The summed E-state index contributed by atoms with van der Waals surface area (Å²) in [4.78, 5) is 15.7.